The second-order valence-corrected chi connectivity index (χ2v) is 9.72. The van der Waals surface area contributed by atoms with Crippen LogP contribution < -0.4 is 19.7 Å². The first kappa shape index (κ1) is 26.1. The zero-order valence-corrected chi connectivity index (χ0v) is 22.0. The standard InChI is InChI=1S/C26H25FN6O6S/c1-32(9-14-3-2-4-15(27)7-14)23-20-24(29-11-28-23)33(12-30-20)25-22(35)21(34)19(39-25)10-36-26(40)31-16-5-6-17-18(8-16)38-13-37-17/h2-8,11-12,19,21-22,25,34-35H,9-10,13H2,1H3,(H,31,40)/t19-,21-,22-,25-/m1/s1. The van der Waals surface area contributed by atoms with Gasteiger partial charge in [-0.15, -0.1) is 0 Å². The monoisotopic (exact) mass is 568 g/mol. The van der Waals surface area contributed by atoms with E-state index in [0.717, 1.165) is 5.56 Å². The summed E-state index contributed by atoms with van der Waals surface area (Å²) in [4.78, 5) is 14.9. The van der Waals surface area contributed by atoms with Gasteiger partial charge in [0.05, 0.1) is 6.33 Å². The van der Waals surface area contributed by atoms with Crippen molar-refractivity contribution in [3.63, 3.8) is 0 Å². The van der Waals surface area contributed by atoms with Crippen LogP contribution in [0.25, 0.3) is 11.2 Å². The minimum absolute atomic E-state index is 0.0550. The van der Waals surface area contributed by atoms with Crippen LogP contribution in [0, 0.1) is 5.82 Å². The number of halogens is 1. The van der Waals surface area contributed by atoms with Gasteiger partial charge in [-0.2, -0.15) is 0 Å². The number of ether oxygens (including phenoxy) is 4. The Morgan fingerprint density at radius 2 is 2.00 bits per heavy atom. The maximum absolute atomic E-state index is 13.6. The Labute approximate surface area is 232 Å². The lowest BCUT2D eigenvalue weighted by Gasteiger charge is -2.19. The predicted octanol–water partition coefficient (Wildman–Crippen LogP) is 2.36. The summed E-state index contributed by atoms with van der Waals surface area (Å²) in [5.41, 5.74) is 2.26. The van der Waals surface area contributed by atoms with Gasteiger partial charge < -0.3 is 39.4 Å². The normalized spacial score (nSPS) is 21.5. The minimum Gasteiger partial charge on any atom is -0.468 e. The van der Waals surface area contributed by atoms with Crippen LogP contribution in [0.5, 0.6) is 11.5 Å². The SMILES string of the molecule is CN(Cc1cccc(F)c1)c1ncnc2c1ncn2[C@@H]1O[C@H](COC(=S)Nc2ccc3c(c2)OCO3)[C@@H](O)[C@H]1O. The van der Waals surface area contributed by atoms with Crippen LogP contribution in [0.4, 0.5) is 15.9 Å². The number of aliphatic hydroxyl groups is 2. The number of hydrogen-bond donors (Lipinski definition) is 3. The van der Waals surface area contributed by atoms with Crippen molar-refractivity contribution < 1.29 is 33.6 Å². The van der Waals surface area contributed by atoms with Crippen molar-refractivity contribution in [2.45, 2.75) is 31.1 Å². The molecule has 0 unspecified atom stereocenters. The molecule has 0 spiro atoms. The van der Waals surface area contributed by atoms with E-state index in [1.165, 1.54) is 29.4 Å². The second-order valence-electron chi connectivity index (χ2n) is 9.35. The molecule has 0 bridgehead atoms. The highest BCUT2D eigenvalue weighted by Gasteiger charge is 2.45. The van der Waals surface area contributed by atoms with Gasteiger partial charge in [0.15, 0.2) is 34.7 Å². The molecule has 0 aliphatic carbocycles. The molecule has 1 saturated heterocycles. The lowest BCUT2D eigenvalue weighted by molar-refractivity contribution is -0.0486. The summed E-state index contributed by atoms with van der Waals surface area (Å²) in [6, 6.07) is 11.6. The smallest absolute Gasteiger partial charge is 0.261 e. The quantitative estimate of drug-likeness (QED) is 0.282. The number of nitrogens with zero attached hydrogens (tertiary/aromatic N) is 5. The van der Waals surface area contributed by atoms with Crippen molar-refractivity contribution in [3.05, 3.63) is 66.5 Å². The summed E-state index contributed by atoms with van der Waals surface area (Å²) in [5, 5.41) is 24.5. The van der Waals surface area contributed by atoms with Crippen molar-refractivity contribution in [3.8, 4) is 11.5 Å². The summed E-state index contributed by atoms with van der Waals surface area (Å²) in [6.45, 7) is 0.428. The molecule has 6 rings (SSSR count). The molecular weight excluding hydrogens is 543 g/mol. The van der Waals surface area contributed by atoms with Gasteiger partial charge in [0, 0.05) is 25.3 Å². The number of imidazole rings is 1. The van der Waals surface area contributed by atoms with Crippen LogP contribution in [0.2, 0.25) is 0 Å². The van der Waals surface area contributed by atoms with Gasteiger partial charge in [-0.1, -0.05) is 12.1 Å². The molecule has 4 atom stereocenters. The fourth-order valence-electron chi connectivity index (χ4n) is 4.67. The molecule has 0 saturated carbocycles. The fourth-order valence-corrected chi connectivity index (χ4v) is 4.86. The molecule has 208 valence electrons. The predicted molar refractivity (Wildman–Crippen MR) is 144 cm³/mol. The van der Waals surface area contributed by atoms with E-state index in [2.05, 4.69) is 20.3 Å². The van der Waals surface area contributed by atoms with Crippen LogP contribution in [-0.2, 0) is 16.0 Å². The maximum Gasteiger partial charge on any atom is 0.261 e. The molecule has 1 fully saturated rings. The molecule has 4 heterocycles. The van der Waals surface area contributed by atoms with Crippen molar-refractivity contribution >= 4 is 40.1 Å². The van der Waals surface area contributed by atoms with E-state index in [-0.39, 0.29) is 24.4 Å². The zero-order chi connectivity index (χ0) is 27.8. The third kappa shape index (κ3) is 5.09. The molecule has 0 radical (unpaired) electrons. The molecular formula is C26H25FN6O6S. The lowest BCUT2D eigenvalue weighted by atomic mass is 10.1. The van der Waals surface area contributed by atoms with Gasteiger partial charge in [0.2, 0.25) is 6.79 Å². The molecule has 0 amide bonds. The highest BCUT2D eigenvalue weighted by atomic mass is 32.1. The Morgan fingerprint density at radius 1 is 1.15 bits per heavy atom. The number of nitrogens with one attached hydrogen (secondary N) is 1. The minimum atomic E-state index is -1.29. The number of aliphatic hydroxyl groups excluding tert-OH is 2. The molecule has 2 aromatic heterocycles. The fraction of sp³-hybridized carbons (Fsp3) is 0.308. The number of fused-ring (bicyclic) bond motifs is 2. The molecule has 2 aliphatic heterocycles. The Balaban J connectivity index is 1.12. The first-order valence-electron chi connectivity index (χ1n) is 12.4. The average molecular weight is 569 g/mol. The van der Waals surface area contributed by atoms with Gasteiger partial charge in [-0.3, -0.25) is 4.57 Å². The van der Waals surface area contributed by atoms with Crippen LogP contribution in [0.1, 0.15) is 11.8 Å². The van der Waals surface area contributed by atoms with Crippen LogP contribution in [-0.4, -0.2) is 73.7 Å². The van der Waals surface area contributed by atoms with Gasteiger partial charge in [0.25, 0.3) is 5.17 Å². The first-order valence-corrected chi connectivity index (χ1v) is 12.8. The van der Waals surface area contributed by atoms with Crippen molar-refractivity contribution in [1.82, 2.24) is 19.5 Å². The third-order valence-electron chi connectivity index (χ3n) is 6.62. The molecule has 4 aromatic rings. The number of aromatic nitrogens is 4. The van der Waals surface area contributed by atoms with E-state index in [9.17, 15) is 14.6 Å². The highest BCUT2D eigenvalue weighted by Crippen LogP contribution is 2.35. The summed E-state index contributed by atoms with van der Waals surface area (Å²) in [6.07, 6.45) is -1.57. The molecule has 14 heteroatoms. The van der Waals surface area contributed by atoms with E-state index in [4.69, 9.17) is 31.2 Å². The maximum atomic E-state index is 13.6. The van der Waals surface area contributed by atoms with E-state index in [1.807, 2.05) is 18.0 Å². The topological polar surface area (TPSA) is 136 Å². The molecule has 12 nitrogen and oxygen atoms in total. The van der Waals surface area contributed by atoms with E-state index >= 15 is 0 Å². The first-order chi connectivity index (χ1) is 19.4. The van der Waals surface area contributed by atoms with E-state index in [0.29, 0.717) is 40.7 Å². The number of anilines is 2. The van der Waals surface area contributed by atoms with Gasteiger partial charge in [0.1, 0.15) is 37.1 Å². The Bertz CT molecular complexity index is 1560. The lowest BCUT2D eigenvalue weighted by Crippen LogP contribution is -2.34. The van der Waals surface area contributed by atoms with Crippen molar-refractivity contribution in [2.24, 2.45) is 0 Å². The van der Waals surface area contributed by atoms with Crippen molar-refractivity contribution in [2.75, 3.05) is 30.7 Å². The summed E-state index contributed by atoms with van der Waals surface area (Å²) in [5.74, 6) is 1.42. The van der Waals surface area contributed by atoms with Crippen LogP contribution >= 0.6 is 12.2 Å². The van der Waals surface area contributed by atoms with Gasteiger partial charge in [-0.05, 0) is 42.0 Å². The van der Waals surface area contributed by atoms with Gasteiger partial charge >= 0.3 is 0 Å². The molecule has 2 aliphatic rings. The molecule has 2 aromatic carbocycles. The number of thiocarbonyl (C=S) groups is 1. The molecule has 3 N–H and O–H groups in total. The third-order valence-corrected chi connectivity index (χ3v) is 6.84. The summed E-state index contributed by atoms with van der Waals surface area (Å²) in [7, 11) is 1.81. The summed E-state index contributed by atoms with van der Waals surface area (Å²) < 4.78 is 37.4. The average Bonchev–Trinajstić information content (AvgIpc) is 3.65. The van der Waals surface area contributed by atoms with Gasteiger partial charge in [-0.25, -0.2) is 19.3 Å². The molecule has 40 heavy (non-hydrogen) atoms. The Kier molecular flexibility index (Phi) is 7.06. The van der Waals surface area contributed by atoms with Crippen LogP contribution in [0.15, 0.2) is 55.1 Å². The zero-order valence-electron chi connectivity index (χ0n) is 21.2. The largest absolute Gasteiger partial charge is 0.468 e. The van der Waals surface area contributed by atoms with E-state index in [1.54, 1.807) is 24.3 Å². The van der Waals surface area contributed by atoms with Crippen molar-refractivity contribution in [1.29, 1.82) is 0 Å². The Hall–Kier alpha value is -4.11. The second kappa shape index (κ2) is 10.8. The highest BCUT2D eigenvalue weighted by molar-refractivity contribution is 7.80. The van der Waals surface area contributed by atoms with Crippen LogP contribution in [0.3, 0.4) is 0 Å². The number of benzene rings is 2. The number of rotatable bonds is 7. The number of hydrogen-bond acceptors (Lipinski definition) is 11. The van der Waals surface area contributed by atoms with E-state index < -0.39 is 24.5 Å². The Morgan fingerprint density at radius 3 is 2.85 bits per heavy atom. The summed E-state index contributed by atoms with van der Waals surface area (Å²) >= 11 is 5.27.